The van der Waals surface area contributed by atoms with Crippen molar-refractivity contribution in [2.24, 2.45) is 0 Å². The fraction of sp³-hybridized carbons (Fsp3) is 0.120. The number of allylic oxidation sites excluding steroid dienone is 1. The van der Waals surface area contributed by atoms with Crippen LogP contribution in [0.25, 0.3) is 16.6 Å². The van der Waals surface area contributed by atoms with Gasteiger partial charge >= 0.3 is 5.97 Å². The molecule has 1 aliphatic heterocycles. The molecule has 5 nitrogen and oxygen atoms in total. The lowest BCUT2D eigenvalue weighted by molar-refractivity contribution is 0.0697. The fourth-order valence-corrected chi connectivity index (χ4v) is 3.94. The van der Waals surface area contributed by atoms with Gasteiger partial charge in [-0.25, -0.2) is 9.78 Å². The number of rotatable bonds is 3. The summed E-state index contributed by atoms with van der Waals surface area (Å²) >= 11 is 0. The number of nitrogens with zero attached hydrogens (tertiary/aromatic N) is 2. The van der Waals surface area contributed by atoms with Gasteiger partial charge in [-0.1, -0.05) is 36.4 Å². The molecule has 5 rings (SSSR count). The first-order valence-corrected chi connectivity index (χ1v) is 9.80. The Balaban J connectivity index is 1.65. The minimum Gasteiger partial charge on any atom is -0.488 e. The van der Waals surface area contributed by atoms with Crippen LogP contribution >= 0.6 is 0 Å². The predicted molar refractivity (Wildman–Crippen MR) is 116 cm³/mol. The highest BCUT2D eigenvalue weighted by molar-refractivity contribution is 5.92. The van der Waals surface area contributed by atoms with E-state index >= 15 is 0 Å². The van der Waals surface area contributed by atoms with Gasteiger partial charge in [-0.2, -0.15) is 0 Å². The number of hydrogen-bond donors (Lipinski definition) is 1. The molecular formula is C25H20N2O3. The number of ether oxygens (including phenoxy) is 1. The molecule has 0 unspecified atom stereocenters. The first kappa shape index (κ1) is 18.2. The van der Waals surface area contributed by atoms with E-state index in [-0.39, 0.29) is 5.56 Å². The van der Waals surface area contributed by atoms with E-state index in [2.05, 4.69) is 46.8 Å². The van der Waals surface area contributed by atoms with Crippen LogP contribution in [0.3, 0.4) is 0 Å². The molecule has 0 radical (unpaired) electrons. The summed E-state index contributed by atoms with van der Waals surface area (Å²) in [6, 6.07) is 19.3. The lowest BCUT2D eigenvalue weighted by atomic mass is 9.93. The van der Waals surface area contributed by atoms with Crippen molar-refractivity contribution < 1.29 is 14.6 Å². The standard InChI is InChI=1S/C25H20N2O3/c1-16-6-8-23-22(12-16)26-15-27(23)11-10-20-19-5-3-2-4-18(19)14-30-24-9-7-17(25(28)29)13-21(20)24/h2-10,12-13,15H,11,14H2,1H3,(H,28,29)/b20-10-. The van der Waals surface area contributed by atoms with E-state index < -0.39 is 5.97 Å². The van der Waals surface area contributed by atoms with Gasteiger partial charge in [0, 0.05) is 12.1 Å². The predicted octanol–water partition coefficient (Wildman–Crippen LogP) is 5.07. The minimum atomic E-state index is -0.953. The van der Waals surface area contributed by atoms with Crippen LogP contribution in [0.4, 0.5) is 0 Å². The van der Waals surface area contributed by atoms with Crippen molar-refractivity contribution in [3.63, 3.8) is 0 Å². The molecule has 1 N–H and O–H groups in total. The maximum atomic E-state index is 11.6. The maximum absolute atomic E-state index is 11.6. The molecule has 1 aliphatic rings. The van der Waals surface area contributed by atoms with Crippen LogP contribution in [-0.2, 0) is 13.2 Å². The smallest absolute Gasteiger partial charge is 0.335 e. The van der Waals surface area contributed by atoms with Crippen molar-refractivity contribution in [3.8, 4) is 5.75 Å². The Kier molecular flexibility index (Phi) is 4.36. The third-order valence-electron chi connectivity index (χ3n) is 5.48. The molecule has 0 aliphatic carbocycles. The number of fused-ring (bicyclic) bond motifs is 3. The van der Waals surface area contributed by atoms with Gasteiger partial charge in [-0.3, -0.25) is 0 Å². The van der Waals surface area contributed by atoms with Gasteiger partial charge in [0.25, 0.3) is 0 Å². The molecule has 3 aromatic carbocycles. The van der Waals surface area contributed by atoms with Crippen LogP contribution in [0, 0.1) is 6.92 Å². The Bertz CT molecular complexity index is 1320. The van der Waals surface area contributed by atoms with Gasteiger partial charge in [-0.15, -0.1) is 0 Å². The van der Waals surface area contributed by atoms with Gasteiger partial charge in [0.15, 0.2) is 0 Å². The number of carbonyl (C=O) groups is 1. The van der Waals surface area contributed by atoms with E-state index in [1.165, 1.54) is 5.56 Å². The molecule has 30 heavy (non-hydrogen) atoms. The second kappa shape index (κ2) is 7.19. The molecule has 0 fully saturated rings. The number of aromatic carboxylic acids is 1. The van der Waals surface area contributed by atoms with E-state index in [1.54, 1.807) is 18.2 Å². The van der Waals surface area contributed by atoms with Gasteiger partial charge in [0.1, 0.15) is 12.4 Å². The summed E-state index contributed by atoms with van der Waals surface area (Å²) in [5, 5.41) is 9.49. The highest BCUT2D eigenvalue weighted by Crippen LogP contribution is 2.37. The number of hydrogen-bond acceptors (Lipinski definition) is 3. The van der Waals surface area contributed by atoms with Crippen molar-refractivity contribution in [3.05, 3.63) is 101 Å². The third kappa shape index (κ3) is 3.14. The number of aryl methyl sites for hydroxylation is 1. The van der Waals surface area contributed by atoms with Crippen LogP contribution in [-0.4, -0.2) is 20.6 Å². The number of imidazole rings is 1. The van der Waals surface area contributed by atoms with Crippen LogP contribution in [0.1, 0.15) is 32.6 Å². The lowest BCUT2D eigenvalue weighted by Gasteiger charge is -2.12. The van der Waals surface area contributed by atoms with E-state index in [1.807, 2.05) is 24.5 Å². The fourth-order valence-electron chi connectivity index (χ4n) is 3.94. The van der Waals surface area contributed by atoms with E-state index in [4.69, 9.17) is 4.74 Å². The van der Waals surface area contributed by atoms with Crippen molar-refractivity contribution in [1.82, 2.24) is 9.55 Å². The summed E-state index contributed by atoms with van der Waals surface area (Å²) in [5.41, 5.74) is 7.33. The molecule has 1 aromatic heterocycles. The van der Waals surface area contributed by atoms with Crippen molar-refractivity contribution in [2.75, 3.05) is 0 Å². The molecule has 148 valence electrons. The van der Waals surface area contributed by atoms with E-state index in [9.17, 15) is 9.90 Å². The van der Waals surface area contributed by atoms with Crippen LogP contribution in [0.15, 0.2) is 73.1 Å². The molecule has 0 amide bonds. The van der Waals surface area contributed by atoms with Gasteiger partial charge < -0.3 is 14.4 Å². The highest BCUT2D eigenvalue weighted by Gasteiger charge is 2.20. The molecule has 5 heteroatoms. The zero-order valence-electron chi connectivity index (χ0n) is 16.5. The van der Waals surface area contributed by atoms with Crippen LogP contribution < -0.4 is 4.74 Å². The first-order valence-electron chi connectivity index (χ1n) is 9.80. The summed E-state index contributed by atoms with van der Waals surface area (Å²) in [4.78, 5) is 16.1. The van der Waals surface area contributed by atoms with Crippen molar-refractivity contribution in [1.29, 1.82) is 0 Å². The summed E-state index contributed by atoms with van der Waals surface area (Å²) in [6.07, 6.45) is 3.97. The normalized spacial score (nSPS) is 14.1. The zero-order chi connectivity index (χ0) is 20.7. The average Bonchev–Trinajstić information content (AvgIpc) is 3.07. The van der Waals surface area contributed by atoms with Crippen LogP contribution in [0.2, 0.25) is 0 Å². The Labute approximate surface area is 173 Å². The largest absolute Gasteiger partial charge is 0.488 e. The third-order valence-corrected chi connectivity index (χ3v) is 5.48. The second-order valence-corrected chi connectivity index (χ2v) is 7.47. The zero-order valence-corrected chi connectivity index (χ0v) is 16.5. The van der Waals surface area contributed by atoms with Gasteiger partial charge in [0.2, 0.25) is 0 Å². The molecule has 0 spiro atoms. The SMILES string of the molecule is Cc1ccc2c(c1)ncn2C/C=C1/c2ccccc2COc2ccc(C(=O)O)cc21. The first-order chi connectivity index (χ1) is 14.6. The van der Waals surface area contributed by atoms with E-state index in [0.717, 1.165) is 33.3 Å². The van der Waals surface area contributed by atoms with Crippen LogP contribution in [0.5, 0.6) is 5.75 Å². The molecule has 2 heterocycles. The Hall–Kier alpha value is -3.86. The van der Waals surface area contributed by atoms with E-state index in [0.29, 0.717) is 18.9 Å². The number of aromatic nitrogens is 2. The monoisotopic (exact) mass is 396 g/mol. The number of benzene rings is 3. The molecule has 0 bridgehead atoms. The number of carboxylic acid groups (broad SMARTS) is 1. The maximum Gasteiger partial charge on any atom is 0.335 e. The summed E-state index contributed by atoms with van der Waals surface area (Å²) in [7, 11) is 0. The molecule has 4 aromatic rings. The molecule has 0 saturated heterocycles. The Morgan fingerprint density at radius 3 is 2.87 bits per heavy atom. The molecule has 0 saturated carbocycles. The van der Waals surface area contributed by atoms with Crippen molar-refractivity contribution in [2.45, 2.75) is 20.1 Å². The van der Waals surface area contributed by atoms with Gasteiger partial charge in [-0.05, 0) is 59.5 Å². The topological polar surface area (TPSA) is 64.4 Å². The Morgan fingerprint density at radius 1 is 1.13 bits per heavy atom. The molecular weight excluding hydrogens is 376 g/mol. The Morgan fingerprint density at radius 2 is 2.00 bits per heavy atom. The summed E-state index contributed by atoms with van der Waals surface area (Å²) in [5.74, 6) is -0.265. The lowest BCUT2D eigenvalue weighted by Crippen LogP contribution is -2.00. The van der Waals surface area contributed by atoms with Gasteiger partial charge in [0.05, 0.1) is 22.9 Å². The highest BCUT2D eigenvalue weighted by atomic mass is 16.5. The minimum absolute atomic E-state index is 0.242. The second-order valence-electron chi connectivity index (χ2n) is 7.47. The van der Waals surface area contributed by atoms with Crippen molar-refractivity contribution >= 4 is 22.6 Å². The quantitative estimate of drug-likeness (QED) is 0.525. The molecule has 0 atom stereocenters. The summed E-state index contributed by atoms with van der Waals surface area (Å²) in [6.45, 7) is 3.11. The number of carboxylic acids is 1. The average molecular weight is 396 g/mol. The summed E-state index contributed by atoms with van der Waals surface area (Å²) < 4.78 is 8.10.